The van der Waals surface area contributed by atoms with Crippen molar-refractivity contribution >= 4 is 29.5 Å². The van der Waals surface area contributed by atoms with Crippen LogP contribution in [-0.4, -0.2) is 64.6 Å². The highest BCUT2D eigenvalue weighted by Gasteiger charge is 2.27. The monoisotopic (exact) mass is 364 g/mol. The third kappa shape index (κ3) is 5.22. The van der Waals surface area contributed by atoms with Gasteiger partial charge < -0.3 is 14.9 Å². The van der Waals surface area contributed by atoms with E-state index in [0.717, 1.165) is 11.3 Å². The fourth-order valence-corrected chi connectivity index (χ4v) is 3.56. The van der Waals surface area contributed by atoms with E-state index in [1.54, 1.807) is 16.7 Å². The lowest BCUT2D eigenvalue weighted by Crippen LogP contribution is -2.43. The van der Waals surface area contributed by atoms with Crippen molar-refractivity contribution in [2.75, 3.05) is 25.9 Å². The minimum atomic E-state index is -1.01. The summed E-state index contributed by atoms with van der Waals surface area (Å²) in [6, 6.07) is 7.41. The zero-order valence-electron chi connectivity index (χ0n) is 14.6. The summed E-state index contributed by atoms with van der Waals surface area (Å²) in [5.74, 6) is -1.26. The molecule has 1 unspecified atom stereocenters. The van der Waals surface area contributed by atoms with Gasteiger partial charge in [0, 0.05) is 36.5 Å². The SMILES string of the molecule is CSc1ccc(C(=O)N2CCCC(N(CC(=O)O)C(C)=O)CC2)cc1. The van der Waals surface area contributed by atoms with E-state index in [1.165, 1.54) is 11.8 Å². The molecule has 7 heteroatoms. The molecule has 0 spiro atoms. The van der Waals surface area contributed by atoms with Gasteiger partial charge in [0.05, 0.1) is 0 Å². The summed E-state index contributed by atoms with van der Waals surface area (Å²) in [5, 5.41) is 9.01. The van der Waals surface area contributed by atoms with Crippen LogP contribution in [0.2, 0.25) is 0 Å². The molecule has 0 bridgehead atoms. The Morgan fingerprint density at radius 1 is 1.20 bits per heavy atom. The molecule has 1 N–H and O–H groups in total. The minimum Gasteiger partial charge on any atom is -0.480 e. The molecule has 0 saturated carbocycles. The third-order valence-electron chi connectivity index (χ3n) is 4.47. The number of benzene rings is 1. The van der Waals surface area contributed by atoms with Crippen molar-refractivity contribution in [1.29, 1.82) is 0 Å². The summed E-state index contributed by atoms with van der Waals surface area (Å²) in [5.41, 5.74) is 0.658. The minimum absolute atomic E-state index is 0.0130. The second-order valence-corrected chi connectivity index (χ2v) is 7.03. The van der Waals surface area contributed by atoms with E-state index >= 15 is 0 Å². The molecule has 2 rings (SSSR count). The Bertz CT molecular complexity index is 632. The van der Waals surface area contributed by atoms with Gasteiger partial charge in [-0.3, -0.25) is 14.4 Å². The molecule has 0 aromatic heterocycles. The van der Waals surface area contributed by atoms with Gasteiger partial charge >= 0.3 is 5.97 Å². The molecule has 1 saturated heterocycles. The first kappa shape index (κ1) is 19.3. The normalized spacial score (nSPS) is 17.7. The second-order valence-electron chi connectivity index (χ2n) is 6.15. The molecule has 1 aliphatic rings. The quantitative estimate of drug-likeness (QED) is 0.812. The van der Waals surface area contributed by atoms with Crippen molar-refractivity contribution in [3.05, 3.63) is 29.8 Å². The molecule has 0 radical (unpaired) electrons. The molecule has 136 valence electrons. The van der Waals surface area contributed by atoms with E-state index in [9.17, 15) is 14.4 Å². The summed E-state index contributed by atoms with van der Waals surface area (Å²) in [4.78, 5) is 39.8. The predicted octanol–water partition coefficient (Wildman–Crippen LogP) is 2.34. The Kier molecular flexibility index (Phi) is 6.87. The number of aliphatic carboxylic acids is 1. The largest absolute Gasteiger partial charge is 0.480 e. The van der Waals surface area contributed by atoms with Gasteiger partial charge in [0.1, 0.15) is 6.54 Å². The first-order chi connectivity index (χ1) is 11.9. The van der Waals surface area contributed by atoms with Gasteiger partial charge in [0.15, 0.2) is 0 Å². The van der Waals surface area contributed by atoms with E-state index in [-0.39, 0.29) is 24.4 Å². The Hall–Kier alpha value is -2.02. The van der Waals surface area contributed by atoms with Gasteiger partial charge in [0.2, 0.25) is 5.91 Å². The Morgan fingerprint density at radius 2 is 1.88 bits per heavy atom. The van der Waals surface area contributed by atoms with Crippen LogP contribution in [-0.2, 0) is 9.59 Å². The van der Waals surface area contributed by atoms with Gasteiger partial charge in [-0.25, -0.2) is 0 Å². The van der Waals surface area contributed by atoms with Crippen LogP contribution in [0.25, 0.3) is 0 Å². The topological polar surface area (TPSA) is 77.9 Å². The summed E-state index contributed by atoms with van der Waals surface area (Å²) < 4.78 is 0. The first-order valence-corrected chi connectivity index (χ1v) is 9.57. The van der Waals surface area contributed by atoms with Gasteiger partial charge in [0.25, 0.3) is 5.91 Å². The number of thioether (sulfide) groups is 1. The van der Waals surface area contributed by atoms with Crippen molar-refractivity contribution in [2.24, 2.45) is 0 Å². The van der Waals surface area contributed by atoms with Gasteiger partial charge in [-0.05, 0) is 49.8 Å². The molecule has 25 heavy (non-hydrogen) atoms. The van der Waals surface area contributed by atoms with Crippen LogP contribution >= 0.6 is 11.8 Å². The smallest absolute Gasteiger partial charge is 0.323 e. The second kappa shape index (κ2) is 8.89. The predicted molar refractivity (Wildman–Crippen MR) is 96.8 cm³/mol. The fourth-order valence-electron chi connectivity index (χ4n) is 3.15. The van der Waals surface area contributed by atoms with Crippen LogP contribution in [0.5, 0.6) is 0 Å². The van der Waals surface area contributed by atoms with Crippen LogP contribution < -0.4 is 0 Å². The zero-order chi connectivity index (χ0) is 18.4. The summed E-state index contributed by atoms with van der Waals surface area (Å²) in [6.45, 7) is 2.25. The standard InChI is InChI=1S/C18H24N2O4S/c1-13(21)20(12-17(22)23)15-4-3-10-19(11-9-15)18(24)14-5-7-16(25-2)8-6-14/h5-8,15H,3-4,9-12H2,1-2H3,(H,22,23). The van der Waals surface area contributed by atoms with Crippen LogP contribution in [0.1, 0.15) is 36.5 Å². The number of carboxylic acid groups (broad SMARTS) is 1. The van der Waals surface area contributed by atoms with Crippen LogP contribution in [0.4, 0.5) is 0 Å². The first-order valence-electron chi connectivity index (χ1n) is 8.34. The molecule has 1 aromatic rings. The highest BCUT2D eigenvalue weighted by Crippen LogP contribution is 2.20. The Balaban J connectivity index is 2.03. The zero-order valence-corrected chi connectivity index (χ0v) is 15.4. The number of hydrogen-bond donors (Lipinski definition) is 1. The molecular weight excluding hydrogens is 340 g/mol. The molecule has 0 aliphatic carbocycles. The molecule has 2 amide bonds. The van der Waals surface area contributed by atoms with Crippen LogP contribution in [0, 0.1) is 0 Å². The van der Waals surface area contributed by atoms with Crippen molar-refractivity contribution in [2.45, 2.75) is 37.1 Å². The molecule has 1 aromatic carbocycles. The number of rotatable bonds is 5. The van der Waals surface area contributed by atoms with Crippen molar-refractivity contribution in [3.63, 3.8) is 0 Å². The molecular formula is C18H24N2O4S. The van der Waals surface area contributed by atoms with E-state index < -0.39 is 5.97 Å². The van der Waals surface area contributed by atoms with E-state index in [4.69, 9.17) is 5.11 Å². The van der Waals surface area contributed by atoms with Gasteiger partial charge in [-0.1, -0.05) is 0 Å². The number of hydrogen-bond acceptors (Lipinski definition) is 4. The lowest BCUT2D eigenvalue weighted by molar-refractivity contribution is -0.145. The molecule has 1 aliphatic heterocycles. The fraction of sp³-hybridized carbons (Fsp3) is 0.500. The number of carbonyl (C=O) groups excluding carboxylic acids is 2. The summed E-state index contributed by atoms with van der Waals surface area (Å²) >= 11 is 1.63. The van der Waals surface area contributed by atoms with Gasteiger partial charge in [-0.2, -0.15) is 0 Å². The molecule has 1 heterocycles. The number of carboxylic acids is 1. The maximum absolute atomic E-state index is 12.7. The number of nitrogens with zero attached hydrogens (tertiary/aromatic N) is 2. The summed E-state index contributed by atoms with van der Waals surface area (Å²) in [6.07, 6.45) is 4.05. The number of carbonyl (C=O) groups is 3. The van der Waals surface area contributed by atoms with E-state index in [0.29, 0.717) is 31.5 Å². The van der Waals surface area contributed by atoms with Crippen molar-refractivity contribution in [3.8, 4) is 0 Å². The lowest BCUT2D eigenvalue weighted by Gasteiger charge is -2.28. The number of likely N-dealkylation sites (tertiary alicyclic amines) is 1. The van der Waals surface area contributed by atoms with E-state index in [2.05, 4.69) is 0 Å². The lowest BCUT2D eigenvalue weighted by atomic mass is 10.1. The maximum Gasteiger partial charge on any atom is 0.323 e. The third-order valence-corrected chi connectivity index (χ3v) is 5.22. The highest BCUT2D eigenvalue weighted by atomic mass is 32.2. The van der Waals surface area contributed by atoms with Gasteiger partial charge in [-0.15, -0.1) is 11.8 Å². The molecule has 1 atom stereocenters. The average Bonchev–Trinajstić information content (AvgIpc) is 2.84. The van der Waals surface area contributed by atoms with Crippen LogP contribution in [0.15, 0.2) is 29.2 Å². The Morgan fingerprint density at radius 3 is 2.44 bits per heavy atom. The van der Waals surface area contributed by atoms with Crippen molar-refractivity contribution < 1.29 is 19.5 Å². The Labute approximate surface area is 152 Å². The van der Waals surface area contributed by atoms with E-state index in [1.807, 2.05) is 30.5 Å². The maximum atomic E-state index is 12.7. The van der Waals surface area contributed by atoms with Crippen molar-refractivity contribution in [1.82, 2.24) is 9.80 Å². The molecule has 6 nitrogen and oxygen atoms in total. The average molecular weight is 364 g/mol. The molecule has 1 fully saturated rings. The summed E-state index contributed by atoms with van der Waals surface area (Å²) in [7, 11) is 0. The van der Waals surface area contributed by atoms with Crippen LogP contribution in [0.3, 0.4) is 0 Å². The highest BCUT2D eigenvalue weighted by molar-refractivity contribution is 7.98. The number of amides is 2.